The molecule has 0 spiro atoms. The van der Waals surface area contributed by atoms with Gasteiger partial charge in [-0.1, -0.05) is 25.7 Å². The number of thiophene rings is 1. The van der Waals surface area contributed by atoms with Crippen molar-refractivity contribution in [2.45, 2.75) is 38.1 Å². The highest BCUT2D eigenvalue weighted by atomic mass is 32.1. The lowest BCUT2D eigenvalue weighted by Crippen LogP contribution is -2.29. The van der Waals surface area contributed by atoms with Gasteiger partial charge in [-0.25, -0.2) is 0 Å². The van der Waals surface area contributed by atoms with E-state index in [1.807, 2.05) is 6.07 Å². The van der Waals surface area contributed by atoms with E-state index in [1.54, 1.807) is 18.4 Å². The van der Waals surface area contributed by atoms with Gasteiger partial charge < -0.3 is 4.74 Å². The normalized spacial score (nSPS) is 18.9. The number of hydrogen-bond donors (Lipinski definition) is 2. The Labute approximate surface area is 101 Å². The highest BCUT2D eigenvalue weighted by Crippen LogP contribution is 2.37. The summed E-state index contributed by atoms with van der Waals surface area (Å²) in [4.78, 5) is 1.23. The molecule has 3 nitrogen and oxygen atoms in total. The zero-order valence-electron chi connectivity index (χ0n) is 9.74. The van der Waals surface area contributed by atoms with Crippen molar-refractivity contribution in [2.24, 2.45) is 11.8 Å². The third-order valence-electron chi connectivity index (χ3n) is 3.44. The van der Waals surface area contributed by atoms with Crippen LogP contribution in [-0.2, 0) is 0 Å². The van der Waals surface area contributed by atoms with E-state index in [0.29, 0.717) is 0 Å². The summed E-state index contributed by atoms with van der Waals surface area (Å²) in [7, 11) is 1.72. The summed E-state index contributed by atoms with van der Waals surface area (Å²) in [5, 5.41) is 2.06. The number of rotatable bonds is 5. The van der Waals surface area contributed by atoms with Crippen LogP contribution in [0.4, 0.5) is 0 Å². The molecule has 1 aromatic rings. The fourth-order valence-corrected chi connectivity index (χ4v) is 3.50. The van der Waals surface area contributed by atoms with Gasteiger partial charge in [0.15, 0.2) is 0 Å². The smallest absolute Gasteiger partial charge is 0.134 e. The Morgan fingerprint density at radius 1 is 1.56 bits per heavy atom. The minimum atomic E-state index is 0.248. The Morgan fingerprint density at radius 2 is 2.31 bits per heavy atom. The first-order chi connectivity index (χ1) is 7.85. The number of methoxy groups -OCH3 is 1. The SMILES string of the molecule is COc1ccsc1C(CC1CCCC1)NN. The fraction of sp³-hybridized carbons (Fsp3) is 0.667. The molecule has 16 heavy (non-hydrogen) atoms. The monoisotopic (exact) mass is 240 g/mol. The van der Waals surface area contributed by atoms with Crippen LogP contribution >= 0.6 is 11.3 Å². The largest absolute Gasteiger partial charge is 0.496 e. The van der Waals surface area contributed by atoms with E-state index in [2.05, 4.69) is 10.8 Å². The predicted octanol–water partition coefficient (Wildman–Crippen LogP) is 2.84. The Bertz CT molecular complexity index is 321. The molecule has 90 valence electrons. The minimum absolute atomic E-state index is 0.248. The van der Waals surface area contributed by atoms with Gasteiger partial charge in [0.25, 0.3) is 0 Å². The highest BCUT2D eigenvalue weighted by molar-refractivity contribution is 7.10. The zero-order chi connectivity index (χ0) is 11.4. The van der Waals surface area contributed by atoms with Gasteiger partial charge in [-0.15, -0.1) is 11.3 Å². The van der Waals surface area contributed by atoms with Gasteiger partial charge in [-0.3, -0.25) is 11.3 Å². The average molecular weight is 240 g/mol. The van der Waals surface area contributed by atoms with Gasteiger partial charge in [0, 0.05) is 0 Å². The maximum Gasteiger partial charge on any atom is 0.134 e. The second kappa shape index (κ2) is 5.66. The maximum absolute atomic E-state index is 5.67. The number of nitrogens with one attached hydrogen (secondary N) is 1. The lowest BCUT2D eigenvalue weighted by Gasteiger charge is -2.19. The molecule has 0 saturated heterocycles. The van der Waals surface area contributed by atoms with E-state index >= 15 is 0 Å². The Balaban J connectivity index is 2.03. The zero-order valence-corrected chi connectivity index (χ0v) is 10.6. The molecule has 2 rings (SSSR count). The Hall–Kier alpha value is -0.580. The molecular formula is C12H20N2OS. The van der Waals surface area contributed by atoms with Crippen molar-refractivity contribution in [3.63, 3.8) is 0 Å². The second-order valence-corrected chi connectivity index (χ2v) is 5.41. The molecule has 0 radical (unpaired) electrons. The van der Waals surface area contributed by atoms with Crippen molar-refractivity contribution in [1.29, 1.82) is 0 Å². The Kier molecular flexibility index (Phi) is 4.21. The van der Waals surface area contributed by atoms with Gasteiger partial charge in [0.1, 0.15) is 5.75 Å². The maximum atomic E-state index is 5.67. The number of hydrogen-bond acceptors (Lipinski definition) is 4. The quantitative estimate of drug-likeness (QED) is 0.614. The summed E-state index contributed by atoms with van der Waals surface area (Å²) in [6.45, 7) is 0. The molecule has 1 saturated carbocycles. The van der Waals surface area contributed by atoms with Crippen molar-refractivity contribution >= 4 is 11.3 Å². The highest BCUT2D eigenvalue weighted by Gasteiger charge is 2.23. The summed E-state index contributed by atoms with van der Waals surface area (Å²) in [5.41, 5.74) is 2.94. The summed E-state index contributed by atoms with van der Waals surface area (Å²) in [5.74, 6) is 7.46. The van der Waals surface area contributed by atoms with Gasteiger partial charge >= 0.3 is 0 Å². The van der Waals surface area contributed by atoms with Crippen molar-refractivity contribution in [3.8, 4) is 5.75 Å². The van der Waals surface area contributed by atoms with Crippen LogP contribution in [0.2, 0.25) is 0 Å². The predicted molar refractivity (Wildman–Crippen MR) is 67.5 cm³/mol. The van der Waals surface area contributed by atoms with Crippen LogP contribution in [0, 0.1) is 5.92 Å². The number of nitrogens with two attached hydrogens (primary N) is 1. The number of ether oxygens (including phenoxy) is 1. The molecule has 0 aromatic carbocycles. The van der Waals surface area contributed by atoms with Gasteiger partial charge in [0.2, 0.25) is 0 Å². The molecule has 1 aliphatic rings. The molecule has 1 aromatic heterocycles. The molecule has 0 amide bonds. The number of hydrazine groups is 1. The standard InChI is InChI=1S/C12H20N2OS/c1-15-11-6-7-16-12(11)10(14-13)8-9-4-2-3-5-9/h6-7,9-10,14H,2-5,8,13H2,1H3. The molecule has 1 unspecified atom stereocenters. The third kappa shape index (κ3) is 2.56. The van der Waals surface area contributed by atoms with E-state index < -0.39 is 0 Å². The van der Waals surface area contributed by atoms with Gasteiger partial charge in [-0.2, -0.15) is 0 Å². The van der Waals surface area contributed by atoms with Crippen molar-refractivity contribution in [3.05, 3.63) is 16.3 Å². The van der Waals surface area contributed by atoms with E-state index in [1.165, 1.54) is 30.6 Å². The molecule has 4 heteroatoms. The summed E-state index contributed by atoms with van der Waals surface area (Å²) in [6.07, 6.45) is 6.60. The molecular weight excluding hydrogens is 220 g/mol. The first kappa shape index (κ1) is 11.9. The van der Waals surface area contributed by atoms with Crippen LogP contribution in [0.1, 0.15) is 43.0 Å². The summed E-state index contributed by atoms with van der Waals surface area (Å²) >= 11 is 1.72. The lowest BCUT2D eigenvalue weighted by molar-refractivity contribution is 0.375. The van der Waals surface area contributed by atoms with Crippen LogP contribution in [0.15, 0.2) is 11.4 Å². The lowest BCUT2D eigenvalue weighted by atomic mass is 9.97. The summed E-state index contributed by atoms with van der Waals surface area (Å²) in [6, 6.07) is 2.26. The average Bonchev–Trinajstić information content (AvgIpc) is 2.96. The topological polar surface area (TPSA) is 47.3 Å². The van der Waals surface area contributed by atoms with Crippen molar-refractivity contribution in [1.82, 2.24) is 5.43 Å². The van der Waals surface area contributed by atoms with Crippen LogP contribution < -0.4 is 16.0 Å². The molecule has 1 heterocycles. The molecule has 0 aliphatic heterocycles. The first-order valence-electron chi connectivity index (χ1n) is 5.92. The fourth-order valence-electron chi connectivity index (χ4n) is 2.56. The van der Waals surface area contributed by atoms with E-state index in [4.69, 9.17) is 10.6 Å². The molecule has 1 fully saturated rings. The van der Waals surface area contributed by atoms with Gasteiger partial charge in [-0.05, 0) is 23.8 Å². The van der Waals surface area contributed by atoms with Crippen LogP contribution in [0.3, 0.4) is 0 Å². The van der Waals surface area contributed by atoms with Crippen LogP contribution in [0.5, 0.6) is 5.75 Å². The summed E-state index contributed by atoms with van der Waals surface area (Å²) < 4.78 is 5.35. The second-order valence-electron chi connectivity index (χ2n) is 4.46. The Morgan fingerprint density at radius 3 is 2.94 bits per heavy atom. The van der Waals surface area contributed by atoms with Crippen LogP contribution in [0.25, 0.3) is 0 Å². The molecule has 0 bridgehead atoms. The molecule has 1 atom stereocenters. The van der Waals surface area contributed by atoms with Crippen molar-refractivity contribution in [2.75, 3.05) is 7.11 Å². The van der Waals surface area contributed by atoms with E-state index in [-0.39, 0.29) is 6.04 Å². The van der Waals surface area contributed by atoms with Crippen LogP contribution in [-0.4, -0.2) is 7.11 Å². The molecule has 3 N–H and O–H groups in total. The van der Waals surface area contributed by atoms with Gasteiger partial charge in [0.05, 0.1) is 18.0 Å². The van der Waals surface area contributed by atoms with E-state index in [9.17, 15) is 0 Å². The van der Waals surface area contributed by atoms with Crippen molar-refractivity contribution < 1.29 is 4.74 Å². The minimum Gasteiger partial charge on any atom is -0.496 e. The first-order valence-corrected chi connectivity index (χ1v) is 6.80. The molecule has 1 aliphatic carbocycles. The van der Waals surface area contributed by atoms with E-state index in [0.717, 1.165) is 18.1 Å². The third-order valence-corrected chi connectivity index (χ3v) is 4.45.